The predicted molar refractivity (Wildman–Crippen MR) is 96.4 cm³/mol. The minimum absolute atomic E-state index is 0.306. The summed E-state index contributed by atoms with van der Waals surface area (Å²) >= 11 is 0. The fourth-order valence-electron chi connectivity index (χ4n) is 2.88. The molecule has 0 atom stereocenters. The highest BCUT2D eigenvalue weighted by Gasteiger charge is 2.48. The number of ether oxygens (including phenoxy) is 1. The van der Waals surface area contributed by atoms with Crippen molar-refractivity contribution in [3.05, 3.63) is 29.8 Å². The highest BCUT2D eigenvalue weighted by molar-refractivity contribution is 7.88. The Morgan fingerprint density at radius 3 is 2.00 bits per heavy atom. The molecule has 1 aliphatic heterocycles. The third kappa shape index (κ3) is 5.30. The van der Waals surface area contributed by atoms with Crippen molar-refractivity contribution in [1.82, 2.24) is 4.90 Å². The zero-order valence-electron chi connectivity index (χ0n) is 16.2. The molecule has 0 N–H and O–H groups in total. The Morgan fingerprint density at radius 2 is 1.57 bits per heavy atom. The lowest BCUT2D eigenvalue weighted by Crippen LogP contribution is -2.45. The van der Waals surface area contributed by atoms with Gasteiger partial charge in [-0.15, -0.1) is 0 Å². The third-order valence-electron chi connectivity index (χ3n) is 4.56. The van der Waals surface area contributed by atoms with Gasteiger partial charge in [-0.3, -0.25) is 0 Å². The minimum Gasteiger partial charge on any atom is -0.444 e. The summed E-state index contributed by atoms with van der Waals surface area (Å²) in [4.78, 5) is 13.8. The van der Waals surface area contributed by atoms with Gasteiger partial charge < -0.3 is 13.8 Å². The summed E-state index contributed by atoms with van der Waals surface area (Å²) in [6, 6.07) is 5.49. The fourth-order valence-corrected chi connectivity index (χ4v) is 3.34. The lowest BCUT2D eigenvalue weighted by Gasteiger charge is -2.40. The van der Waals surface area contributed by atoms with E-state index in [1.807, 2.05) is 6.92 Å². The third-order valence-corrected chi connectivity index (χ3v) is 5.54. The second kappa shape index (κ2) is 7.46. The number of halogens is 3. The summed E-state index contributed by atoms with van der Waals surface area (Å²) in [7, 11) is -5.69. The fraction of sp³-hybridized carbons (Fsp3) is 0.611. The van der Waals surface area contributed by atoms with Crippen LogP contribution in [0.4, 0.5) is 18.0 Å². The van der Waals surface area contributed by atoms with Gasteiger partial charge in [-0.2, -0.15) is 21.6 Å². The zero-order valence-corrected chi connectivity index (χ0v) is 17.0. The van der Waals surface area contributed by atoms with Crippen molar-refractivity contribution in [2.75, 3.05) is 13.1 Å². The molecular formula is C18H24F3NO5S. The maximum Gasteiger partial charge on any atom is 0.534 e. The first-order valence-corrected chi connectivity index (χ1v) is 10.1. The van der Waals surface area contributed by atoms with E-state index in [9.17, 15) is 26.4 Å². The molecule has 6 nitrogen and oxygen atoms in total. The second-order valence-corrected chi connectivity index (χ2v) is 9.57. The maximum atomic E-state index is 12.4. The van der Waals surface area contributed by atoms with Crippen LogP contribution in [0.25, 0.3) is 0 Å². The van der Waals surface area contributed by atoms with Gasteiger partial charge in [-0.05, 0) is 56.7 Å². The molecule has 10 heteroatoms. The zero-order chi connectivity index (χ0) is 21.4. The van der Waals surface area contributed by atoms with Gasteiger partial charge in [-0.25, -0.2) is 4.79 Å². The number of nitrogens with zero attached hydrogens (tertiary/aromatic N) is 1. The molecule has 1 fully saturated rings. The van der Waals surface area contributed by atoms with E-state index in [2.05, 4.69) is 4.18 Å². The lowest BCUT2D eigenvalue weighted by molar-refractivity contribution is -0.0500. The number of piperidine rings is 1. The molecule has 0 bridgehead atoms. The Kier molecular flexibility index (Phi) is 5.94. The van der Waals surface area contributed by atoms with E-state index in [4.69, 9.17) is 4.74 Å². The SMILES string of the molecule is CC(C)(C)OC(=O)N1CCC(C)(c2ccc(OS(=O)(=O)C(F)(F)F)cc2)CC1. The van der Waals surface area contributed by atoms with E-state index < -0.39 is 27.0 Å². The quantitative estimate of drug-likeness (QED) is 0.538. The molecule has 1 amide bonds. The first kappa shape index (κ1) is 22.3. The lowest BCUT2D eigenvalue weighted by atomic mass is 9.74. The molecule has 1 heterocycles. The predicted octanol–water partition coefficient (Wildman–Crippen LogP) is 4.20. The summed E-state index contributed by atoms with van der Waals surface area (Å²) < 4.78 is 68.8. The average molecular weight is 423 g/mol. The van der Waals surface area contributed by atoms with E-state index in [0.29, 0.717) is 25.9 Å². The van der Waals surface area contributed by atoms with Gasteiger partial charge >= 0.3 is 21.7 Å². The minimum atomic E-state index is -5.69. The van der Waals surface area contributed by atoms with Crippen LogP contribution in [0.5, 0.6) is 5.75 Å². The highest BCUT2D eigenvalue weighted by Crippen LogP contribution is 2.36. The van der Waals surface area contributed by atoms with Crippen LogP contribution >= 0.6 is 0 Å². The van der Waals surface area contributed by atoms with Gasteiger partial charge in [0, 0.05) is 13.1 Å². The molecule has 0 aliphatic carbocycles. The van der Waals surface area contributed by atoms with E-state index in [1.165, 1.54) is 12.1 Å². The van der Waals surface area contributed by atoms with E-state index in [1.54, 1.807) is 37.8 Å². The van der Waals surface area contributed by atoms with E-state index in [-0.39, 0.29) is 11.5 Å². The van der Waals surface area contributed by atoms with Gasteiger partial charge in [0.2, 0.25) is 0 Å². The van der Waals surface area contributed by atoms with Crippen LogP contribution in [-0.4, -0.2) is 43.6 Å². The van der Waals surface area contributed by atoms with Gasteiger partial charge in [0.1, 0.15) is 11.4 Å². The first-order valence-electron chi connectivity index (χ1n) is 8.72. The number of hydrogen-bond donors (Lipinski definition) is 0. The summed E-state index contributed by atoms with van der Waals surface area (Å²) in [5.74, 6) is -0.407. The largest absolute Gasteiger partial charge is 0.534 e. The number of carbonyl (C=O) groups is 1. The van der Waals surface area contributed by atoms with Crippen molar-refractivity contribution < 1.29 is 35.3 Å². The average Bonchev–Trinajstić information content (AvgIpc) is 2.53. The summed E-state index contributed by atoms with van der Waals surface area (Å²) in [5, 5.41) is 0. The van der Waals surface area contributed by atoms with Crippen LogP contribution in [0.15, 0.2) is 24.3 Å². The summed E-state index contributed by atoms with van der Waals surface area (Å²) in [6.45, 7) is 8.32. The Balaban J connectivity index is 2.04. The van der Waals surface area contributed by atoms with Crippen molar-refractivity contribution in [3.8, 4) is 5.75 Å². The molecule has 2 rings (SSSR count). The number of carbonyl (C=O) groups excluding carboxylic acids is 1. The van der Waals surface area contributed by atoms with Crippen LogP contribution < -0.4 is 4.18 Å². The highest BCUT2D eigenvalue weighted by atomic mass is 32.2. The molecule has 1 aromatic carbocycles. The summed E-state index contributed by atoms with van der Waals surface area (Å²) in [6.07, 6.45) is 0.885. The number of alkyl halides is 3. The maximum absolute atomic E-state index is 12.4. The second-order valence-electron chi connectivity index (χ2n) is 8.04. The number of rotatable bonds is 3. The van der Waals surface area contributed by atoms with E-state index in [0.717, 1.165) is 5.56 Å². The van der Waals surface area contributed by atoms with Crippen LogP contribution in [0, 0.1) is 0 Å². The molecule has 1 aliphatic rings. The van der Waals surface area contributed by atoms with Gasteiger partial charge in [-0.1, -0.05) is 19.1 Å². The normalized spacial score (nSPS) is 17.9. The number of amides is 1. The molecule has 0 unspecified atom stereocenters. The monoisotopic (exact) mass is 423 g/mol. The van der Waals surface area contributed by atoms with Gasteiger partial charge in [0.05, 0.1) is 0 Å². The van der Waals surface area contributed by atoms with Crippen molar-refractivity contribution in [2.45, 2.75) is 57.1 Å². The molecule has 0 radical (unpaired) electrons. The Morgan fingerprint density at radius 1 is 1.07 bits per heavy atom. The number of hydrogen-bond acceptors (Lipinski definition) is 5. The molecule has 1 saturated heterocycles. The van der Waals surface area contributed by atoms with E-state index >= 15 is 0 Å². The van der Waals surface area contributed by atoms with Crippen molar-refractivity contribution in [3.63, 3.8) is 0 Å². The number of benzene rings is 1. The molecule has 1 aromatic rings. The van der Waals surface area contributed by atoms with Crippen LogP contribution in [0.3, 0.4) is 0 Å². The Bertz CT molecular complexity index is 805. The summed E-state index contributed by atoms with van der Waals surface area (Å²) in [5.41, 5.74) is -5.54. The molecule has 0 spiro atoms. The molecular weight excluding hydrogens is 399 g/mol. The Hall–Kier alpha value is -1.97. The number of likely N-dealkylation sites (tertiary alicyclic amines) is 1. The Labute approximate surface area is 162 Å². The van der Waals surface area contributed by atoms with Crippen LogP contribution in [0.1, 0.15) is 46.1 Å². The van der Waals surface area contributed by atoms with Crippen molar-refractivity contribution >= 4 is 16.2 Å². The topological polar surface area (TPSA) is 72.9 Å². The standard InChI is InChI=1S/C18H24F3NO5S/c1-16(2,3)26-15(23)22-11-9-17(4,10-12-22)13-5-7-14(8-6-13)27-28(24,25)18(19,20)21/h5-8H,9-12H2,1-4H3. The van der Waals surface area contributed by atoms with Gasteiger partial charge in [0.25, 0.3) is 0 Å². The van der Waals surface area contributed by atoms with Gasteiger partial charge in [0.15, 0.2) is 0 Å². The molecule has 0 saturated carbocycles. The van der Waals surface area contributed by atoms with Crippen molar-refractivity contribution in [1.29, 1.82) is 0 Å². The van der Waals surface area contributed by atoms with Crippen molar-refractivity contribution in [2.24, 2.45) is 0 Å². The van der Waals surface area contributed by atoms with Crippen LogP contribution in [0.2, 0.25) is 0 Å². The first-order chi connectivity index (χ1) is 12.6. The molecule has 0 aromatic heterocycles. The molecule has 28 heavy (non-hydrogen) atoms. The smallest absolute Gasteiger partial charge is 0.444 e. The molecule has 158 valence electrons. The van der Waals surface area contributed by atoms with Crippen LogP contribution in [-0.2, 0) is 20.3 Å².